The summed E-state index contributed by atoms with van der Waals surface area (Å²) in [6.45, 7) is 6.68. The van der Waals surface area contributed by atoms with E-state index in [0.717, 1.165) is 0 Å². The fourth-order valence-electron chi connectivity index (χ4n) is 1.97. The van der Waals surface area contributed by atoms with Crippen molar-refractivity contribution in [3.63, 3.8) is 0 Å². The van der Waals surface area contributed by atoms with Crippen molar-refractivity contribution in [3.8, 4) is 6.07 Å². The molecule has 0 aromatic heterocycles. The van der Waals surface area contributed by atoms with E-state index in [9.17, 15) is 14.9 Å². The number of hydrogen-bond acceptors (Lipinski definition) is 5. The molecule has 0 saturated carbocycles. The van der Waals surface area contributed by atoms with Gasteiger partial charge in [0.25, 0.3) is 5.69 Å². The van der Waals surface area contributed by atoms with Gasteiger partial charge in [-0.15, -0.1) is 0 Å². The molecule has 1 rings (SSSR count). The molecule has 1 atom stereocenters. The van der Waals surface area contributed by atoms with Gasteiger partial charge in [-0.2, -0.15) is 5.26 Å². The average Bonchev–Trinajstić information content (AvgIpc) is 2.48. The SMILES string of the molecule is CCN(CC)C(=O)C(C)Nc1ccc([N+](=O)[O-])cc1C#N. The van der Waals surface area contributed by atoms with E-state index in [-0.39, 0.29) is 17.2 Å². The predicted molar refractivity (Wildman–Crippen MR) is 78.8 cm³/mol. The molecule has 1 amide bonds. The number of nitriles is 1. The molecule has 0 saturated heterocycles. The van der Waals surface area contributed by atoms with Crippen molar-refractivity contribution in [2.45, 2.75) is 26.8 Å². The Labute approximate surface area is 123 Å². The van der Waals surface area contributed by atoms with Crippen LogP contribution in [0.25, 0.3) is 0 Å². The lowest BCUT2D eigenvalue weighted by Gasteiger charge is -2.24. The molecule has 1 aromatic carbocycles. The molecule has 7 nitrogen and oxygen atoms in total. The highest BCUT2D eigenvalue weighted by Gasteiger charge is 2.19. The van der Waals surface area contributed by atoms with E-state index in [1.807, 2.05) is 19.9 Å². The van der Waals surface area contributed by atoms with Crippen LogP contribution in [0.5, 0.6) is 0 Å². The molecule has 0 radical (unpaired) electrons. The smallest absolute Gasteiger partial charge is 0.270 e. The molecule has 21 heavy (non-hydrogen) atoms. The van der Waals surface area contributed by atoms with Gasteiger partial charge < -0.3 is 10.2 Å². The number of anilines is 1. The van der Waals surface area contributed by atoms with Gasteiger partial charge in [-0.05, 0) is 26.8 Å². The largest absolute Gasteiger partial charge is 0.373 e. The van der Waals surface area contributed by atoms with E-state index in [0.29, 0.717) is 18.8 Å². The monoisotopic (exact) mass is 290 g/mol. The lowest BCUT2D eigenvalue weighted by atomic mass is 10.1. The molecular formula is C14H18N4O3. The Hall–Kier alpha value is -2.62. The molecule has 112 valence electrons. The summed E-state index contributed by atoms with van der Waals surface area (Å²) in [4.78, 5) is 24.0. The fourth-order valence-corrected chi connectivity index (χ4v) is 1.97. The van der Waals surface area contributed by atoms with Gasteiger partial charge >= 0.3 is 0 Å². The molecule has 0 spiro atoms. The van der Waals surface area contributed by atoms with E-state index in [2.05, 4.69) is 5.32 Å². The Morgan fingerprint density at radius 1 is 1.48 bits per heavy atom. The first-order chi connectivity index (χ1) is 9.94. The van der Waals surface area contributed by atoms with E-state index in [1.165, 1.54) is 18.2 Å². The summed E-state index contributed by atoms with van der Waals surface area (Å²) in [7, 11) is 0. The number of carbonyl (C=O) groups excluding carboxylic acids is 1. The number of nitro benzene ring substituents is 1. The Morgan fingerprint density at radius 3 is 2.57 bits per heavy atom. The third-order valence-corrected chi connectivity index (χ3v) is 3.15. The second kappa shape index (κ2) is 7.24. The molecule has 0 heterocycles. The first kappa shape index (κ1) is 16.4. The van der Waals surface area contributed by atoms with Crippen LogP contribution in [0.3, 0.4) is 0 Å². The summed E-state index contributed by atoms with van der Waals surface area (Å²) in [6.07, 6.45) is 0. The minimum absolute atomic E-state index is 0.0813. The van der Waals surface area contributed by atoms with Crippen LogP contribution >= 0.6 is 0 Å². The molecule has 0 aliphatic carbocycles. The summed E-state index contributed by atoms with van der Waals surface area (Å²) in [6, 6.07) is 5.33. The van der Waals surface area contributed by atoms with E-state index < -0.39 is 11.0 Å². The predicted octanol–water partition coefficient (Wildman–Crippen LogP) is 2.14. The highest BCUT2D eigenvalue weighted by atomic mass is 16.6. The number of amides is 1. The second-order valence-electron chi connectivity index (χ2n) is 4.48. The first-order valence-corrected chi connectivity index (χ1v) is 6.68. The molecular weight excluding hydrogens is 272 g/mol. The van der Waals surface area contributed by atoms with Crippen LogP contribution in [-0.2, 0) is 4.79 Å². The van der Waals surface area contributed by atoms with Gasteiger partial charge in [-0.25, -0.2) is 0 Å². The first-order valence-electron chi connectivity index (χ1n) is 6.68. The topological polar surface area (TPSA) is 99.3 Å². The molecule has 1 unspecified atom stereocenters. The zero-order valence-electron chi connectivity index (χ0n) is 12.3. The standard InChI is InChI=1S/C14H18N4O3/c1-4-17(5-2)14(19)10(3)16-13-7-6-12(18(20)21)8-11(13)9-15/h6-8,10,16H,4-5H2,1-3H3. The van der Waals surface area contributed by atoms with Crippen molar-refractivity contribution < 1.29 is 9.72 Å². The number of non-ortho nitro benzene ring substituents is 1. The van der Waals surface area contributed by atoms with Gasteiger partial charge in [0.1, 0.15) is 12.1 Å². The number of carbonyl (C=O) groups is 1. The Morgan fingerprint density at radius 2 is 2.10 bits per heavy atom. The van der Waals surface area contributed by atoms with Crippen LogP contribution in [0.2, 0.25) is 0 Å². The molecule has 0 aliphatic rings. The van der Waals surface area contributed by atoms with Crippen LogP contribution < -0.4 is 5.32 Å². The number of rotatable bonds is 6. The van der Waals surface area contributed by atoms with Crippen LogP contribution in [-0.4, -0.2) is 34.9 Å². The lowest BCUT2D eigenvalue weighted by Crippen LogP contribution is -2.41. The van der Waals surface area contributed by atoms with E-state index in [4.69, 9.17) is 5.26 Å². The summed E-state index contributed by atoms with van der Waals surface area (Å²) in [5.74, 6) is -0.0813. The maximum Gasteiger partial charge on any atom is 0.270 e. The maximum absolute atomic E-state index is 12.2. The van der Waals surface area contributed by atoms with Crippen molar-refractivity contribution in [3.05, 3.63) is 33.9 Å². The molecule has 1 aromatic rings. The van der Waals surface area contributed by atoms with Crippen molar-refractivity contribution in [2.75, 3.05) is 18.4 Å². The van der Waals surface area contributed by atoms with Crippen LogP contribution in [0, 0.1) is 21.4 Å². The Kier molecular flexibility index (Phi) is 5.67. The lowest BCUT2D eigenvalue weighted by molar-refractivity contribution is -0.384. The average molecular weight is 290 g/mol. The molecule has 0 fully saturated rings. The summed E-state index contributed by atoms with van der Waals surface area (Å²) < 4.78 is 0. The van der Waals surface area contributed by atoms with Gasteiger partial charge in [0.05, 0.1) is 16.2 Å². The number of nitrogens with zero attached hydrogens (tertiary/aromatic N) is 3. The maximum atomic E-state index is 12.2. The minimum Gasteiger partial charge on any atom is -0.373 e. The Balaban J connectivity index is 2.95. The highest BCUT2D eigenvalue weighted by Crippen LogP contribution is 2.22. The molecule has 7 heteroatoms. The number of benzene rings is 1. The normalized spacial score (nSPS) is 11.3. The second-order valence-corrected chi connectivity index (χ2v) is 4.48. The van der Waals surface area contributed by atoms with E-state index >= 15 is 0 Å². The zero-order chi connectivity index (χ0) is 16.0. The molecule has 0 aliphatic heterocycles. The minimum atomic E-state index is -0.560. The van der Waals surface area contributed by atoms with E-state index in [1.54, 1.807) is 11.8 Å². The third-order valence-electron chi connectivity index (χ3n) is 3.15. The van der Waals surface area contributed by atoms with Crippen LogP contribution in [0.1, 0.15) is 26.3 Å². The van der Waals surface area contributed by atoms with Crippen molar-refractivity contribution in [2.24, 2.45) is 0 Å². The number of hydrogen-bond donors (Lipinski definition) is 1. The number of nitro groups is 1. The molecule has 1 N–H and O–H groups in total. The zero-order valence-corrected chi connectivity index (χ0v) is 12.3. The number of nitrogens with one attached hydrogen (secondary N) is 1. The fraction of sp³-hybridized carbons (Fsp3) is 0.429. The van der Waals surface area contributed by atoms with Gasteiger partial charge in [0.15, 0.2) is 0 Å². The van der Waals surface area contributed by atoms with Gasteiger partial charge in [0, 0.05) is 25.2 Å². The third kappa shape index (κ3) is 3.92. The van der Waals surface area contributed by atoms with Gasteiger partial charge in [0.2, 0.25) is 5.91 Å². The molecule has 0 bridgehead atoms. The van der Waals surface area contributed by atoms with Crippen LogP contribution in [0.15, 0.2) is 18.2 Å². The number of likely N-dealkylation sites (N-methyl/N-ethyl adjacent to an activating group) is 1. The van der Waals surface area contributed by atoms with Crippen molar-refractivity contribution in [1.82, 2.24) is 4.90 Å². The Bertz CT molecular complexity index is 576. The van der Waals surface area contributed by atoms with Gasteiger partial charge in [-0.1, -0.05) is 0 Å². The summed E-state index contributed by atoms with van der Waals surface area (Å²) in [5.41, 5.74) is 0.402. The quantitative estimate of drug-likeness (QED) is 0.639. The van der Waals surface area contributed by atoms with Crippen molar-refractivity contribution >= 4 is 17.3 Å². The summed E-state index contributed by atoms with van der Waals surface area (Å²) >= 11 is 0. The highest BCUT2D eigenvalue weighted by molar-refractivity contribution is 5.84. The van der Waals surface area contributed by atoms with Crippen molar-refractivity contribution in [1.29, 1.82) is 5.26 Å². The van der Waals surface area contributed by atoms with Gasteiger partial charge in [-0.3, -0.25) is 14.9 Å². The summed E-state index contributed by atoms with van der Waals surface area (Å²) in [5, 5.41) is 22.7. The van der Waals surface area contributed by atoms with Crippen LogP contribution in [0.4, 0.5) is 11.4 Å².